The predicted octanol–water partition coefficient (Wildman–Crippen LogP) is 2.53. The Kier molecular flexibility index (Phi) is 5.73. The van der Waals surface area contributed by atoms with Gasteiger partial charge in [0.25, 0.3) is 0 Å². The van der Waals surface area contributed by atoms with Crippen LogP contribution in [0.5, 0.6) is 0 Å². The molecule has 0 spiro atoms. The average molecular weight is 358 g/mol. The Labute approximate surface area is 152 Å². The van der Waals surface area contributed by atoms with Gasteiger partial charge in [-0.05, 0) is 56.0 Å². The lowest BCUT2D eigenvalue weighted by Gasteiger charge is -2.07. The molecule has 1 saturated carbocycles. The number of ether oxygens (including phenoxy) is 2. The molecule has 1 aromatic heterocycles. The van der Waals surface area contributed by atoms with Crippen LogP contribution in [0.2, 0.25) is 0 Å². The van der Waals surface area contributed by atoms with E-state index in [-0.39, 0.29) is 11.1 Å². The molecule has 1 aliphatic rings. The van der Waals surface area contributed by atoms with Gasteiger partial charge in [-0.3, -0.25) is 0 Å². The van der Waals surface area contributed by atoms with Crippen molar-refractivity contribution in [2.24, 2.45) is 0 Å². The molecule has 26 heavy (non-hydrogen) atoms. The molecule has 1 heterocycles. The smallest absolute Gasteiger partial charge is 0.337 e. The van der Waals surface area contributed by atoms with Crippen molar-refractivity contribution >= 4 is 11.9 Å². The zero-order chi connectivity index (χ0) is 18.5. The third-order valence-electron chi connectivity index (χ3n) is 4.77. The molecule has 1 aliphatic carbocycles. The number of rotatable bonds is 6. The second-order valence-corrected chi connectivity index (χ2v) is 6.53. The highest BCUT2D eigenvalue weighted by Crippen LogP contribution is 2.25. The van der Waals surface area contributed by atoms with Crippen LogP contribution in [0.15, 0.2) is 34.7 Å². The second kappa shape index (κ2) is 8.19. The van der Waals surface area contributed by atoms with Crippen LogP contribution in [-0.4, -0.2) is 32.2 Å². The van der Waals surface area contributed by atoms with Gasteiger partial charge < -0.3 is 19.2 Å². The summed E-state index contributed by atoms with van der Waals surface area (Å²) in [6.45, 7) is 0.783. The van der Waals surface area contributed by atoms with Gasteiger partial charge in [0.2, 0.25) is 0 Å². The molecule has 6 heteroatoms. The summed E-state index contributed by atoms with van der Waals surface area (Å²) >= 11 is 0. The minimum atomic E-state index is -0.515. The van der Waals surface area contributed by atoms with Gasteiger partial charge in [0.05, 0.1) is 31.4 Å². The Bertz CT molecular complexity index is 755. The van der Waals surface area contributed by atoms with Gasteiger partial charge in [-0.2, -0.15) is 0 Å². The number of furan rings is 1. The number of methoxy groups -OCH3 is 2. The largest absolute Gasteiger partial charge is 0.465 e. The number of benzene rings is 1. The highest BCUT2D eigenvalue weighted by atomic mass is 16.5. The van der Waals surface area contributed by atoms with E-state index in [9.17, 15) is 9.59 Å². The van der Waals surface area contributed by atoms with E-state index in [0.29, 0.717) is 17.4 Å². The van der Waals surface area contributed by atoms with E-state index in [0.717, 1.165) is 12.3 Å². The van der Waals surface area contributed by atoms with Gasteiger partial charge in [0.1, 0.15) is 12.3 Å². The highest BCUT2D eigenvalue weighted by molar-refractivity contribution is 5.97. The van der Waals surface area contributed by atoms with E-state index in [1.807, 2.05) is 12.1 Å². The fourth-order valence-corrected chi connectivity index (χ4v) is 3.36. The van der Waals surface area contributed by atoms with Crippen molar-refractivity contribution in [3.05, 3.63) is 47.2 Å². The summed E-state index contributed by atoms with van der Waals surface area (Å²) in [6, 6.07) is 9.23. The number of esters is 2. The summed E-state index contributed by atoms with van der Waals surface area (Å²) in [6.07, 6.45) is 5.14. The lowest BCUT2D eigenvalue weighted by molar-refractivity contribution is -0.704. The van der Waals surface area contributed by atoms with Gasteiger partial charge in [-0.25, -0.2) is 9.59 Å². The van der Waals surface area contributed by atoms with Gasteiger partial charge in [-0.1, -0.05) is 0 Å². The van der Waals surface area contributed by atoms with Crippen molar-refractivity contribution < 1.29 is 28.8 Å². The molecule has 1 fully saturated rings. The van der Waals surface area contributed by atoms with E-state index in [2.05, 4.69) is 5.32 Å². The first-order valence-electron chi connectivity index (χ1n) is 8.85. The van der Waals surface area contributed by atoms with Crippen molar-refractivity contribution in [1.82, 2.24) is 0 Å². The van der Waals surface area contributed by atoms with Gasteiger partial charge in [0, 0.05) is 5.56 Å². The first kappa shape index (κ1) is 18.2. The van der Waals surface area contributed by atoms with Gasteiger partial charge in [-0.15, -0.1) is 0 Å². The molecule has 0 aliphatic heterocycles. The summed E-state index contributed by atoms with van der Waals surface area (Å²) in [5.74, 6) is 0.447. The van der Waals surface area contributed by atoms with Crippen LogP contribution in [0, 0.1) is 0 Å². The van der Waals surface area contributed by atoms with Crippen molar-refractivity contribution in [2.75, 3.05) is 14.2 Å². The van der Waals surface area contributed by atoms with Crippen molar-refractivity contribution in [3.63, 3.8) is 0 Å². The molecular weight excluding hydrogens is 334 g/mol. The molecule has 0 radical (unpaired) electrons. The van der Waals surface area contributed by atoms with Crippen molar-refractivity contribution in [1.29, 1.82) is 0 Å². The zero-order valence-corrected chi connectivity index (χ0v) is 15.1. The summed E-state index contributed by atoms with van der Waals surface area (Å²) in [7, 11) is 2.60. The van der Waals surface area contributed by atoms with Crippen LogP contribution in [-0.2, 0) is 16.0 Å². The molecule has 6 nitrogen and oxygen atoms in total. The Morgan fingerprint density at radius 2 is 1.65 bits per heavy atom. The number of carbonyl (C=O) groups is 2. The van der Waals surface area contributed by atoms with Gasteiger partial charge in [0.15, 0.2) is 5.76 Å². The quantitative estimate of drug-likeness (QED) is 0.803. The van der Waals surface area contributed by atoms with Crippen LogP contribution in [0.1, 0.15) is 52.2 Å². The molecule has 0 unspecified atom stereocenters. The normalized spacial score (nSPS) is 14.4. The summed E-state index contributed by atoms with van der Waals surface area (Å²) in [5, 5.41) is 2.32. The predicted molar refractivity (Wildman–Crippen MR) is 94.7 cm³/mol. The maximum Gasteiger partial charge on any atom is 0.337 e. The van der Waals surface area contributed by atoms with Crippen LogP contribution in [0.3, 0.4) is 0 Å². The van der Waals surface area contributed by atoms with E-state index in [1.165, 1.54) is 46.0 Å². The highest BCUT2D eigenvalue weighted by Gasteiger charge is 2.19. The van der Waals surface area contributed by atoms with E-state index >= 15 is 0 Å². The first-order valence-corrected chi connectivity index (χ1v) is 8.85. The molecule has 0 saturated heterocycles. The fourth-order valence-electron chi connectivity index (χ4n) is 3.36. The Morgan fingerprint density at radius 1 is 1.04 bits per heavy atom. The summed E-state index contributed by atoms with van der Waals surface area (Å²) in [4.78, 5) is 23.8. The Morgan fingerprint density at radius 3 is 2.23 bits per heavy atom. The van der Waals surface area contributed by atoms with Crippen LogP contribution < -0.4 is 5.32 Å². The van der Waals surface area contributed by atoms with Crippen LogP contribution >= 0.6 is 0 Å². The average Bonchev–Trinajstić information content (AvgIpc) is 3.36. The standard InChI is InChI=1S/C20H23NO5/c1-24-19(22)14-9-13(10-15(11-14)20(23)25-2)18-8-7-17(26-18)12-21-16-5-3-4-6-16/h7-11,16,21H,3-6,12H2,1-2H3/p+1. The van der Waals surface area contributed by atoms with Gasteiger partial charge >= 0.3 is 11.9 Å². The van der Waals surface area contributed by atoms with E-state index in [1.54, 1.807) is 12.1 Å². The summed E-state index contributed by atoms with van der Waals surface area (Å²) in [5.41, 5.74) is 1.20. The molecular formula is C20H24NO5+. The van der Waals surface area contributed by atoms with Crippen LogP contribution in [0.4, 0.5) is 0 Å². The maximum absolute atomic E-state index is 11.9. The third-order valence-corrected chi connectivity index (χ3v) is 4.77. The molecule has 2 aromatic rings. The minimum Gasteiger partial charge on any atom is -0.465 e. The van der Waals surface area contributed by atoms with Crippen LogP contribution in [0.25, 0.3) is 11.3 Å². The summed E-state index contributed by atoms with van der Waals surface area (Å²) < 4.78 is 15.5. The monoisotopic (exact) mass is 358 g/mol. The van der Waals surface area contributed by atoms with E-state index in [4.69, 9.17) is 13.9 Å². The lowest BCUT2D eigenvalue weighted by atomic mass is 10.0. The molecule has 0 amide bonds. The van der Waals surface area contributed by atoms with E-state index < -0.39 is 11.9 Å². The molecule has 138 valence electrons. The number of hydrogen-bond donors (Lipinski definition) is 1. The minimum absolute atomic E-state index is 0.279. The maximum atomic E-state index is 11.9. The molecule has 0 atom stereocenters. The Balaban J connectivity index is 1.83. The topological polar surface area (TPSA) is 82.4 Å². The van der Waals surface area contributed by atoms with Crippen molar-refractivity contribution in [2.45, 2.75) is 38.3 Å². The molecule has 0 bridgehead atoms. The fraction of sp³-hybridized carbons (Fsp3) is 0.400. The molecule has 3 rings (SSSR count). The number of hydrogen-bond acceptors (Lipinski definition) is 5. The zero-order valence-electron chi connectivity index (χ0n) is 15.1. The first-order chi connectivity index (χ1) is 12.6. The van der Waals surface area contributed by atoms with Crippen molar-refractivity contribution in [3.8, 4) is 11.3 Å². The number of carbonyl (C=O) groups excluding carboxylic acids is 2. The SMILES string of the molecule is COC(=O)c1cc(C(=O)OC)cc(-c2ccc(C[NH2+]C3CCCC3)o2)c1. The molecule has 2 N–H and O–H groups in total. The Hall–Kier alpha value is -2.60. The second-order valence-electron chi connectivity index (χ2n) is 6.53. The lowest BCUT2D eigenvalue weighted by Crippen LogP contribution is -2.87. The number of nitrogens with two attached hydrogens (primary N) is 1. The molecule has 1 aromatic carbocycles. The third kappa shape index (κ3) is 4.14. The number of quaternary nitrogens is 1.